The van der Waals surface area contributed by atoms with Gasteiger partial charge in [-0.1, -0.05) is 23.4 Å². The average Bonchev–Trinajstić information content (AvgIpc) is 3.42. The van der Waals surface area contributed by atoms with E-state index in [0.717, 1.165) is 12.1 Å². The van der Waals surface area contributed by atoms with Crippen LogP contribution in [0.25, 0.3) is 22.1 Å². The Morgan fingerprint density at radius 1 is 1.09 bits per heavy atom. The van der Waals surface area contributed by atoms with E-state index in [1.807, 2.05) is 4.72 Å². The van der Waals surface area contributed by atoms with E-state index < -0.39 is 45.5 Å². The molecule has 0 spiro atoms. The van der Waals surface area contributed by atoms with Gasteiger partial charge in [-0.3, -0.25) is 4.90 Å². The average molecular weight is 484 g/mol. The van der Waals surface area contributed by atoms with Crippen LogP contribution in [-0.2, 0) is 10.0 Å². The van der Waals surface area contributed by atoms with Gasteiger partial charge in [0.1, 0.15) is 11.6 Å². The zero-order valence-electron chi connectivity index (χ0n) is 16.7. The minimum Gasteiger partial charge on any atom is -0.354 e. The molecule has 2 aromatic carbocycles. The van der Waals surface area contributed by atoms with Crippen LogP contribution in [0.4, 0.5) is 28.2 Å². The van der Waals surface area contributed by atoms with Crippen LogP contribution < -0.4 is 9.62 Å². The van der Waals surface area contributed by atoms with E-state index in [0.29, 0.717) is 0 Å². The number of aromatic nitrogens is 1. The second-order valence-electron chi connectivity index (χ2n) is 7.84. The monoisotopic (exact) mass is 484 g/mol. The molecule has 2 aliphatic rings. The van der Waals surface area contributed by atoms with Gasteiger partial charge in [0.05, 0.1) is 17.0 Å². The fraction of sp³-hybridized carbons (Fsp3) is 0.300. The number of urea groups is 1. The zero-order valence-corrected chi connectivity index (χ0v) is 17.5. The Kier molecular flexibility index (Phi) is 5.05. The van der Waals surface area contributed by atoms with Gasteiger partial charge in [-0.15, -0.1) is 0 Å². The summed E-state index contributed by atoms with van der Waals surface area (Å²) in [6.45, 7) is -0.0298. The third-order valence-electron chi connectivity index (χ3n) is 5.82. The smallest absolute Gasteiger partial charge is 0.350 e. The number of carbonyl (C=O) groups excluding carboxylic acids is 1. The second-order valence-corrected chi connectivity index (χ2v) is 9.52. The highest BCUT2D eigenvalue weighted by atomic mass is 32.2. The van der Waals surface area contributed by atoms with Crippen molar-refractivity contribution >= 4 is 32.8 Å². The van der Waals surface area contributed by atoms with Crippen molar-refractivity contribution in [1.29, 1.82) is 0 Å². The van der Waals surface area contributed by atoms with Crippen molar-refractivity contribution in [2.75, 3.05) is 18.0 Å². The fourth-order valence-electron chi connectivity index (χ4n) is 4.44. The van der Waals surface area contributed by atoms with Crippen molar-refractivity contribution in [3.63, 3.8) is 0 Å². The Labute approximate surface area is 184 Å². The summed E-state index contributed by atoms with van der Waals surface area (Å²) < 4.78 is 84.4. The Balaban J connectivity index is 1.47. The molecule has 0 aliphatic carbocycles. The Morgan fingerprint density at radius 2 is 1.79 bits per heavy atom. The normalized spacial score (nSPS) is 20.9. The highest BCUT2D eigenvalue weighted by Crippen LogP contribution is 2.40. The summed E-state index contributed by atoms with van der Waals surface area (Å²) in [5.74, 6) is -5.10. The van der Waals surface area contributed by atoms with Crippen molar-refractivity contribution in [3.8, 4) is 11.1 Å². The lowest BCUT2D eigenvalue weighted by atomic mass is 10.00. The van der Waals surface area contributed by atoms with Crippen LogP contribution in [0.3, 0.4) is 0 Å². The topological polar surface area (TPSA) is 95.7 Å². The third kappa shape index (κ3) is 3.51. The van der Waals surface area contributed by atoms with E-state index in [-0.39, 0.29) is 47.4 Å². The summed E-state index contributed by atoms with van der Waals surface area (Å²) in [7, 11) is -4.79. The molecule has 33 heavy (non-hydrogen) atoms. The first-order valence-electron chi connectivity index (χ1n) is 9.87. The van der Waals surface area contributed by atoms with Gasteiger partial charge < -0.3 is 9.42 Å². The first kappa shape index (κ1) is 21.6. The number of halogens is 4. The fourth-order valence-corrected chi connectivity index (χ4v) is 5.18. The lowest BCUT2D eigenvalue weighted by Gasteiger charge is -2.18. The van der Waals surface area contributed by atoms with Gasteiger partial charge in [0.2, 0.25) is 0 Å². The first-order valence-corrected chi connectivity index (χ1v) is 11.4. The van der Waals surface area contributed by atoms with Gasteiger partial charge in [-0.25, -0.2) is 26.7 Å². The standard InChI is InChI=1S/C20H16F4N4O4S/c21-13-4-2-5-14(22)16(13)12-3-1-6-15-17(12)18(25-32-15)28-9-11-7-10(8-27(11)20(28)29)26-33(30,31)19(23)24/h1-6,10-11,19,26H,7-9H2/t10-,11-/m0/s1. The number of hydrogen-bond donors (Lipinski definition) is 1. The largest absolute Gasteiger partial charge is 0.354 e. The molecule has 0 saturated carbocycles. The van der Waals surface area contributed by atoms with Crippen LogP contribution in [0, 0.1) is 11.6 Å². The van der Waals surface area contributed by atoms with Crippen molar-refractivity contribution in [1.82, 2.24) is 14.8 Å². The van der Waals surface area contributed by atoms with Crippen LogP contribution in [0.15, 0.2) is 40.9 Å². The predicted octanol–water partition coefficient (Wildman–Crippen LogP) is 3.30. The number of alkyl halides is 2. The number of fused-ring (bicyclic) bond motifs is 2. The van der Waals surface area contributed by atoms with E-state index in [1.54, 1.807) is 12.1 Å². The Hall–Kier alpha value is -3.19. The first-order chi connectivity index (χ1) is 15.7. The van der Waals surface area contributed by atoms with Crippen LogP contribution >= 0.6 is 0 Å². The summed E-state index contributed by atoms with van der Waals surface area (Å²) in [4.78, 5) is 15.7. The molecule has 13 heteroatoms. The molecule has 2 saturated heterocycles. The van der Waals surface area contributed by atoms with E-state index in [1.165, 1.54) is 21.9 Å². The molecule has 0 unspecified atom stereocenters. The molecule has 0 bridgehead atoms. The summed E-state index contributed by atoms with van der Waals surface area (Å²) >= 11 is 0. The number of nitrogens with one attached hydrogen (secondary N) is 1. The Bertz CT molecular complexity index is 1340. The molecule has 2 aliphatic heterocycles. The number of carbonyl (C=O) groups is 1. The van der Waals surface area contributed by atoms with Gasteiger partial charge in [-0.2, -0.15) is 8.78 Å². The van der Waals surface area contributed by atoms with Crippen LogP contribution in [0.1, 0.15) is 6.42 Å². The molecule has 2 atom stereocenters. The van der Waals surface area contributed by atoms with E-state index in [2.05, 4.69) is 5.16 Å². The Morgan fingerprint density at radius 3 is 2.45 bits per heavy atom. The highest BCUT2D eigenvalue weighted by Gasteiger charge is 2.47. The number of sulfonamides is 1. The zero-order chi connectivity index (χ0) is 23.5. The van der Waals surface area contributed by atoms with Gasteiger partial charge >= 0.3 is 11.8 Å². The number of anilines is 1. The SMILES string of the molecule is O=C1N(c2noc3cccc(-c4c(F)cccc4F)c23)C[C@@H]2C[C@H](NS(=O)(=O)C(F)F)CN12. The quantitative estimate of drug-likeness (QED) is 0.561. The lowest BCUT2D eigenvalue weighted by molar-refractivity contribution is 0.218. The van der Waals surface area contributed by atoms with Gasteiger partial charge in [0, 0.05) is 24.7 Å². The number of benzene rings is 2. The molecule has 3 heterocycles. The summed E-state index contributed by atoms with van der Waals surface area (Å²) in [5.41, 5.74) is 0.0792. The van der Waals surface area contributed by atoms with Crippen molar-refractivity contribution in [2.45, 2.75) is 24.3 Å². The van der Waals surface area contributed by atoms with Crippen LogP contribution in [0.5, 0.6) is 0 Å². The molecule has 0 radical (unpaired) electrons. The molecule has 1 N–H and O–H groups in total. The molecule has 2 fully saturated rings. The van der Waals surface area contributed by atoms with Crippen molar-refractivity contribution in [2.24, 2.45) is 0 Å². The van der Waals surface area contributed by atoms with Gasteiger partial charge in [0.25, 0.3) is 10.0 Å². The van der Waals surface area contributed by atoms with Gasteiger partial charge in [-0.05, 0) is 24.6 Å². The predicted molar refractivity (Wildman–Crippen MR) is 109 cm³/mol. The molecule has 5 rings (SSSR count). The molecule has 8 nitrogen and oxygen atoms in total. The summed E-state index contributed by atoms with van der Waals surface area (Å²) in [6.07, 6.45) is 0.124. The molecule has 1 aromatic heterocycles. The minimum absolute atomic E-state index is 0.0624. The third-order valence-corrected chi connectivity index (χ3v) is 6.95. The molecule has 174 valence electrons. The molecule has 3 aromatic rings. The number of nitrogens with zero attached hydrogens (tertiary/aromatic N) is 3. The number of hydrogen-bond acceptors (Lipinski definition) is 5. The van der Waals surface area contributed by atoms with Crippen molar-refractivity contribution in [3.05, 3.63) is 48.0 Å². The maximum absolute atomic E-state index is 14.5. The van der Waals surface area contributed by atoms with E-state index >= 15 is 0 Å². The highest BCUT2D eigenvalue weighted by molar-refractivity contribution is 7.89. The minimum atomic E-state index is -4.79. The van der Waals surface area contributed by atoms with Crippen LogP contribution in [0.2, 0.25) is 0 Å². The van der Waals surface area contributed by atoms with E-state index in [9.17, 15) is 30.8 Å². The summed E-state index contributed by atoms with van der Waals surface area (Å²) in [5, 5.41) is 4.19. The molecule has 2 amide bonds. The van der Waals surface area contributed by atoms with E-state index in [4.69, 9.17) is 4.52 Å². The second kappa shape index (κ2) is 7.70. The summed E-state index contributed by atoms with van der Waals surface area (Å²) in [6, 6.07) is 6.18. The molecular formula is C20H16F4N4O4S. The number of rotatable bonds is 5. The maximum Gasteiger partial charge on any atom is 0.350 e. The van der Waals surface area contributed by atoms with Crippen molar-refractivity contribution < 1.29 is 35.3 Å². The number of amides is 2. The maximum atomic E-state index is 14.5. The van der Waals surface area contributed by atoms with Crippen LogP contribution in [-0.4, -0.2) is 55.4 Å². The lowest BCUT2D eigenvalue weighted by Crippen LogP contribution is -2.42. The van der Waals surface area contributed by atoms with Gasteiger partial charge in [0.15, 0.2) is 11.4 Å². The molecular weight excluding hydrogens is 468 g/mol.